The number of ether oxygens (including phenoxy) is 2. The molecule has 0 saturated heterocycles. The number of hydrogen-bond donors (Lipinski definition) is 0. The third kappa shape index (κ3) is 3.09. The van der Waals surface area contributed by atoms with Crippen LogP contribution in [0.5, 0.6) is 11.5 Å². The molecule has 0 aliphatic rings. The molecule has 1 heterocycles. The summed E-state index contributed by atoms with van der Waals surface area (Å²) in [5.41, 5.74) is 0.847. The lowest BCUT2D eigenvalue weighted by Gasteiger charge is -2.07. The normalized spacial score (nSPS) is 10.8. The second kappa shape index (κ2) is 6.10. The molecular weight excluding hydrogens is 256 g/mol. The standard InChI is InChI=1S/C16H16O4/c1-11-4-8-14(20-11)13(17)7-5-12-6-9-15(18-2)16(10-12)19-3/h4-10H,1-3H3. The fraction of sp³-hybridized carbons (Fsp3) is 0.188. The molecule has 0 unspecified atom stereocenters. The van der Waals surface area contributed by atoms with E-state index in [-0.39, 0.29) is 5.78 Å². The number of rotatable bonds is 5. The molecule has 0 spiro atoms. The maximum absolute atomic E-state index is 11.9. The summed E-state index contributed by atoms with van der Waals surface area (Å²) in [4.78, 5) is 11.9. The van der Waals surface area contributed by atoms with Gasteiger partial charge in [-0.15, -0.1) is 0 Å². The monoisotopic (exact) mass is 272 g/mol. The van der Waals surface area contributed by atoms with E-state index in [4.69, 9.17) is 13.9 Å². The fourth-order valence-electron chi connectivity index (χ4n) is 1.78. The summed E-state index contributed by atoms with van der Waals surface area (Å²) in [7, 11) is 3.15. The van der Waals surface area contributed by atoms with Crippen LogP contribution in [-0.2, 0) is 0 Å². The van der Waals surface area contributed by atoms with Crippen LogP contribution in [0, 0.1) is 6.92 Å². The molecule has 0 amide bonds. The number of hydrogen-bond acceptors (Lipinski definition) is 4. The van der Waals surface area contributed by atoms with Crippen molar-refractivity contribution < 1.29 is 18.7 Å². The van der Waals surface area contributed by atoms with Crippen molar-refractivity contribution in [3.63, 3.8) is 0 Å². The van der Waals surface area contributed by atoms with Gasteiger partial charge in [0.05, 0.1) is 14.2 Å². The van der Waals surface area contributed by atoms with Crippen molar-refractivity contribution in [1.82, 2.24) is 0 Å². The zero-order valence-electron chi connectivity index (χ0n) is 11.7. The molecule has 0 saturated carbocycles. The van der Waals surface area contributed by atoms with Gasteiger partial charge in [0, 0.05) is 0 Å². The maximum Gasteiger partial charge on any atom is 0.221 e. The highest BCUT2D eigenvalue weighted by atomic mass is 16.5. The minimum atomic E-state index is -0.173. The van der Waals surface area contributed by atoms with Crippen molar-refractivity contribution in [3.05, 3.63) is 53.5 Å². The van der Waals surface area contributed by atoms with Crippen molar-refractivity contribution in [3.8, 4) is 11.5 Å². The molecule has 0 N–H and O–H groups in total. The molecular formula is C16H16O4. The SMILES string of the molecule is COc1ccc(C=CC(=O)c2ccc(C)o2)cc1OC. The van der Waals surface area contributed by atoms with E-state index in [1.54, 1.807) is 51.5 Å². The summed E-state index contributed by atoms with van der Waals surface area (Å²) in [6, 6.07) is 8.86. The van der Waals surface area contributed by atoms with Crippen LogP contribution in [0.1, 0.15) is 21.9 Å². The van der Waals surface area contributed by atoms with Gasteiger partial charge in [-0.1, -0.05) is 12.1 Å². The van der Waals surface area contributed by atoms with Crippen LogP contribution in [-0.4, -0.2) is 20.0 Å². The third-order valence-corrected chi connectivity index (χ3v) is 2.82. The number of methoxy groups -OCH3 is 2. The van der Waals surface area contributed by atoms with Gasteiger partial charge in [0.1, 0.15) is 5.76 Å². The van der Waals surface area contributed by atoms with E-state index in [9.17, 15) is 4.79 Å². The molecule has 1 aromatic heterocycles. The highest BCUT2D eigenvalue weighted by molar-refractivity contribution is 6.04. The Morgan fingerprint density at radius 1 is 1.10 bits per heavy atom. The highest BCUT2D eigenvalue weighted by Crippen LogP contribution is 2.28. The van der Waals surface area contributed by atoms with Crippen LogP contribution in [0.15, 0.2) is 40.8 Å². The summed E-state index contributed by atoms with van der Waals surface area (Å²) in [6.45, 7) is 1.80. The Bertz CT molecular complexity index is 638. The zero-order valence-corrected chi connectivity index (χ0v) is 11.7. The van der Waals surface area contributed by atoms with E-state index in [1.165, 1.54) is 6.08 Å². The average Bonchev–Trinajstić information content (AvgIpc) is 2.91. The smallest absolute Gasteiger partial charge is 0.221 e. The van der Waals surface area contributed by atoms with Crippen LogP contribution in [0.3, 0.4) is 0 Å². The molecule has 0 aliphatic heterocycles. The average molecular weight is 272 g/mol. The topological polar surface area (TPSA) is 48.7 Å². The van der Waals surface area contributed by atoms with Crippen LogP contribution < -0.4 is 9.47 Å². The molecule has 4 heteroatoms. The molecule has 104 valence electrons. The van der Waals surface area contributed by atoms with Gasteiger partial charge in [-0.05, 0) is 42.8 Å². The summed E-state index contributed by atoms with van der Waals surface area (Å²) < 4.78 is 15.6. The maximum atomic E-state index is 11.9. The number of carbonyl (C=O) groups excluding carboxylic acids is 1. The molecule has 0 radical (unpaired) electrons. The van der Waals surface area contributed by atoms with Crippen molar-refractivity contribution in [2.24, 2.45) is 0 Å². The quantitative estimate of drug-likeness (QED) is 0.617. The molecule has 0 fully saturated rings. The number of allylic oxidation sites excluding steroid dienone is 1. The lowest BCUT2D eigenvalue weighted by atomic mass is 10.1. The predicted molar refractivity (Wildman–Crippen MR) is 76.4 cm³/mol. The molecule has 0 bridgehead atoms. The Kier molecular flexibility index (Phi) is 4.25. The Hall–Kier alpha value is -2.49. The fourth-order valence-corrected chi connectivity index (χ4v) is 1.78. The Balaban J connectivity index is 2.17. The molecule has 20 heavy (non-hydrogen) atoms. The number of aryl methyl sites for hydroxylation is 1. The van der Waals surface area contributed by atoms with Crippen molar-refractivity contribution in [2.75, 3.05) is 14.2 Å². The van der Waals surface area contributed by atoms with Gasteiger partial charge in [0.25, 0.3) is 0 Å². The molecule has 0 aliphatic carbocycles. The lowest BCUT2D eigenvalue weighted by Crippen LogP contribution is -1.92. The second-order valence-corrected chi connectivity index (χ2v) is 4.22. The summed E-state index contributed by atoms with van der Waals surface area (Å²) in [5.74, 6) is 2.15. The molecule has 1 aromatic carbocycles. The van der Waals surface area contributed by atoms with Gasteiger partial charge in [-0.3, -0.25) is 4.79 Å². The summed E-state index contributed by atoms with van der Waals surface area (Å²) in [6.07, 6.45) is 3.18. The summed E-state index contributed by atoms with van der Waals surface area (Å²) >= 11 is 0. The molecule has 2 rings (SSSR count). The van der Waals surface area contributed by atoms with E-state index in [1.807, 2.05) is 6.07 Å². The van der Waals surface area contributed by atoms with E-state index >= 15 is 0 Å². The Morgan fingerprint density at radius 3 is 2.45 bits per heavy atom. The van der Waals surface area contributed by atoms with Gasteiger partial charge in [-0.25, -0.2) is 0 Å². The van der Waals surface area contributed by atoms with Gasteiger partial charge in [-0.2, -0.15) is 0 Å². The van der Waals surface area contributed by atoms with E-state index in [2.05, 4.69) is 0 Å². The first kappa shape index (κ1) is 13.9. The Morgan fingerprint density at radius 2 is 1.85 bits per heavy atom. The van der Waals surface area contributed by atoms with Crippen molar-refractivity contribution >= 4 is 11.9 Å². The van der Waals surface area contributed by atoms with E-state index in [0.29, 0.717) is 23.0 Å². The predicted octanol–water partition coefficient (Wildman–Crippen LogP) is 3.50. The van der Waals surface area contributed by atoms with Crippen molar-refractivity contribution in [2.45, 2.75) is 6.92 Å². The first-order valence-corrected chi connectivity index (χ1v) is 6.15. The third-order valence-electron chi connectivity index (χ3n) is 2.82. The first-order valence-electron chi connectivity index (χ1n) is 6.15. The second-order valence-electron chi connectivity index (χ2n) is 4.22. The van der Waals surface area contributed by atoms with Crippen LogP contribution in [0.4, 0.5) is 0 Å². The van der Waals surface area contributed by atoms with E-state index in [0.717, 1.165) is 5.56 Å². The highest BCUT2D eigenvalue weighted by Gasteiger charge is 2.07. The molecule has 2 aromatic rings. The van der Waals surface area contributed by atoms with E-state index < -0.39 is 0 Å². The van der Waals surface area contributed by atoms with Crippen LogP contribution >= 0.6 is 0 Å². The van der Waals surface area contributed by atoms with Crippen LogP contribution in [0.2, 0.25) is 0 Å². The minimum absolute atomic E-state index is 0.173. The zero-order chi connectivity index (χ0) is 14.5. The molecule has 4 nitrogen and oxygen atoms in total. The first-order chi connectivity index (χ1) is 9.63. The molecule has 0 atom stereocenters. The van der Waals surface area contributed by atoms with Gasteiger partial charge in [0.15, 0.2) is 17.3 Å². The number of ketones is 1. The minimum Gasteiger partial charge on any atom is -0.493 e. The van der Waals surface area contributed by atoms with Gasteiger partial charge < -0.3 is 13.9 Å². The summed E-state index contributed by atoms with van der Waals surface area (Å²) in [5, 5.41) is 0. The van der Waals surface area contributed by atoms with Gasteiger partial charge in [0.2, 0.25) is 5.78 Å². The van der Waals surface area contributed by atoms with Crippen molar-refractivity contribution in [1.29, 1.82) is 0 Å². The number of carbonyl (C=O) groups is 1. The Labute approximate surface area is 117 Å². The van der Waals surface area contributed by atoms with Crippen LogP contribution in [0.25, 0.3) is 6.08 Å². The lowest BCUT2D eigenvalue weighted by molar-refractivity contribution is 0.102. The largest absolute Gasteiger partial charge is 0.493 e. The number of benzene rings is 1. The number of furan rings is 1. The van der Waals surface area contributed by atoms with Gasteiger partial charge >= 0.3 is 0 Å².